The van der Waals surface area contributed by atoms with Crippen molar-refractivity contribution in [2.24, 2.45) is 0 Å². The lowest BCUT2D eigenvalue weighted by molar-refractivity contribution is 0.156. The Hall–Kier alpha value is -1.94. The predicted molar refractivity (Wildman–Crippen MR) is 69.0 cm³/mol. The molecule has 1 saturated heterocycles. The van der Waals surface area contributed by atoms with Gasteiger partial charge in [0, 0.05) is 18.2 Å². The maximum Gasteiger partial charge on any atom is 0.156 e. The van der Waals surface area contributed by atoms with Crippen LogP contribution in [0.2, 0.25) is 0 Å². The molecule has 1 aliphatic rings. The maximum absolute atomic E-state index is 5.70. The summed E-state index contributed by atoms with van der Waals surface area (Å²) in [7, 11) is 0. The van der Waals surface area contributed by atoms with E-state index in [2.05, 4.69) is 34.2 Å². The van der Waals surface area contributed by atoms with E-state index >= 15 is 0 Å². The number of hydrogen-bond acceptors (Lipinski definition) is 4. The van der Waals surface area contributed by atoms with Gasteiger partial charge in [0.15, 0.2) is 5.82 Å². The molecule has 0 saturated carbocycles. The highest BCUT2D eigenvalue weighted by Gasteiger charge is 2.28. The minimum Gasteiger partial charge on any atom is -0.271 e. The van der Waals surface area contributed by atoms with Crippen LogP contribution in [0.1, 0.15) is 23.7 Å². The molecule has 1 aromatic carbocycles. The van der Waals surface area contributed by atoms with Gasteiger partial charge in [0.2, 0.25) is 0 Å². The van der Waals surface area contributed by atoms with Gasteiger partial charge in [-0.05, 0) is 12.5 Å². The molecule has 18 heavy (non-hydrogen) atoms. The van der Waals surface area contributed by atoms with Crippen molar-refractivity contribution >= 4 is 5.82 Å². The van der Waals surface area contributed by atoms with Crippen molar-refractivity contribution in [3.05, 3.63) is 54.0 Å². The first kappa shape index (κ1) is 11.2. The summed E-state index contributed by atoms with van der Waals surface area (Å²) < 4.78 is 0. The third-order valence-electron chi connectivity index (χ3n) is 3.10. The molecule has 0 aliphatic carbocycles. The standard InChI is InChI=1S/C14H15N3O/c1-11-9-14(16-10-15-11)17-13(7-8-18-17)12-5-3-2-4-6-12/h2-6,9-10,13H,7-8H2,1H3. The van der Waals surface area contributed by atoms with E-state index in [1.54, 1.807) is 6.33 Å². The molecule has 1 aliphatic heterocycles. The molecule has 0 bridgehead atoms. The highest BCUT2D eigenvalue weighted by atomic mass is 16.7. The molecule has 92 valence electrons. The summed E-state index contributed by atoms with van der Waals surface area (Å²) in [4.78, 5) is 14.1. The van der Waals surface area contributed by atoms with Gasteiger partial charge in [-0.2, -0.15) is 0 Å². The Morgan fingerprint density at radius 1 is 1.22 bits per heavy atom. The lowest BCUT2D eigenvalue weighted by Crippen LogP contribution is -2.22. The zero-order chi connectivity index (χ0) is 12.4. The van der Waals surface area contributed by atoms with Crippen LogP contribution in [0.15, 0.2) is 42.7 Å². The van der Waals surface area contributed by atoms with Crippen molar-refractivity contribution in [2.75, 3.05) is 11.7 Å². The molecule has 1 fully saturated rings. The third-order valence-corrected chi connectivity index (χ3v) is 3.10. The lowest BCUT2D eigenvalue weighted by atomic mass is 10.0. The van der Waals surface area contributed by atoms with Gasteiger partial charge in [0.25, 0.3) is 0 Å². The van der Waals surface area contributed by atoms with Crippen LogP contribution in [0.25, 0.3) is 0 Å². The second-order valence-electron chi connectivity index (χ2n) is 4.39. The smallest absolute Gasteiger partial charge is 0.156 e. The summed E-state index contributed by atoms with van der Waals surface area (Å²) >= 11 is 0. The Bertz CT molecular complexity index is 530. The van der Waals surface area contributed by atoms with Crippen LogP contribution >= 0.6 is 0 Å². The molecule has 4 nitrogen and oxygen atoms in total. The van der Waals surface area contributed by atoms with E-state index in [-0.39, 0.29) is 6.04 Å². The van der Waals surface area contributed by atoms with Crippen molar-refractivity contribution in [1.82, 2.24) is 9.97 Å². The predicted octanol–water partition coefficient (Wildman–Crippen LogP) is 2.67. The molecule has 0 radical (unpaired) electrons. The molecular weight excluding hydrogens is 226 g/mol. The van der Waals surface area contributed by atoms with Crippen LogP contribution in [-0.2, 0) is 4.84 Å². The number of nitrogens with zero attached hydrogens (tertiary/aromatic N) is 3. The van der Waals surface area contributed by atoms with Gasteiger partial charge in [-0.1, -0.05) is 30.3 Å². The number of aromatic nitrogens is 2. The minimum atomic E-state index is 0.237. The molecule has 0 spiro atoms. The third kappa shape index (κ3) is 2.07. The van der Waals surface area contributed by atoms with E-state index in [4.69, 9.17) is 4.84 Å². The number of anilines is 1. The number of aryl methyl sites for hydroxylation is 1. The lowest BCUT2D eigenvalue weighted by Gasteiger charge is -2.23. The summed E-state index contributed by atoms with van der Waals surface area (Å²) in [5.74, 6) is 0.828. The largest absolute Gasteiger partial charge is 0.271 e. The average Bonchev–Trinajstić information content (AvgIpc) is 2.89. The molecule has 4 heteroatoms. The van der Waals surface area contributed by atoms with Gasteiger partial charge in [-0.3, -0.25) is 4.84 Å². The first-order valence-corrected chi connectivity index (χ1v) is 6.10. The number of rotatable bonds is 2. The molecule has 0 amide bonds. The van der Waals surface area contributed by atoms with E-state index in [0.717, 1.165) is 24.5 Å². The first-order chi connectivity index (χ1) is 8.84. The SMILES string of the molecule is Cc1cc(N2OCCC2c2ccccc2)ncn1. The quantitative estimate of drug-likeness (QED) is 0.810. The first-order valence-electron chi connectivity index (χ1n) is 6.10. The van der Waals surface area contributed by atoms with E-state index in [1.807, 2.05) is 24.1 Å². The summed E-state index contributed by atoms with van der Waals surface area (Å²) in [6, 6.07) is 12.6. The van der Waals surface area contributed by atoms with Crippen molar-refractivity contribution in [3.63, 3.8) is 0 Å². The normalized spacial score (nSPS) is 19.2. The van der Waals surface area contributed by atoms with Gasteiger partial charge in [-0.15, -0.1) is 0 Å². The van der Waals surface area contributed by atoms with Crippen molar-refractivity contribution < 1.29 is 4.84 Å². The van der Waals surface area contributed by atoms with Crippen LogP contribution in [0.3, 0.4) is 0 Å². The van der Waals surface area contributed by atoms with Crippen LogP contribution in [0.4, 0.5) is 5.82 Å². The topological polar surface area (TPSA) is 38.2 Å². The van der Waals surface area contributed by atoms with E-state index < -0.39 is 0 Å². The van der Waals surface area contributed by atoms with Crippen molar-refractivity contribution in [3.8, 4) is 0 Å². The fourth-order valence-corrected chi connectivity index (χ4v) is 2.23. The van der Waals surface area contributed by atoms with Gasteiger partial charge >= 0.3 is 0 Å². The summed E-state index contributed by atoms with van der Waals surface area (Å²) in [6.45, 7) is 2.68. The Morgan fingerprint density at radius 3 is 2.83 bits per heavy atom. The minimum absolute atomic E-state index is 0.237. The van der Waals surface area contributed by atoms with Crippen molar-refractivity contribution in [2.45, 2.75) is 19.4 Å². The fourth-order valence-electron chi connectivity index (χ4n) is 2.23. The zero-order valence-electron chi connectivity index (χ0n) is 10.3. The highest BCUT2D eigenvalue weighted by Crippen LogP contribution is 2.33. The zero-order valence-corrected chi connectivity index (χ0v) is 10.3. The summed E-state index contributed by atoms with van der Waals surface area (Å²) in [6.07, 6.45) is 2.56. The van der Waals surface area contributed by atoms with Gasteiger partial charge in [0.1, 0.15) is 6.33 Å². The van der Waals surface area contributed by atoms with Crippen LogP contribution in [-0.4, -0.2) is 16.6 Å². The summed E-state index contributed by atoms with van der Waals surface area (Å²) in [5.41, 5.74) is 2.20. The second kappa shape index (κ2) is 4.74. The molecule has 1 atom stereocenters. The molecule has 1 unspecified atom stereocenters. The molecular formula is C14H15N3O. The number of hydroxylamine groups is 1. The van der Waals surface area contributed by atoms with E-state index in [1.165, 1.54) is 5.56 Å². The fraction of sp³-hybridized carbons (Fsp3) is 0.286. The molecule has 2 aromatic rings. The van der Waals surface area contributed by atoms with Gasteiger partial charge < -0.3 is 0 Å². The van der Waals surface area contributed by atoms with Gasteiger partial charge in [-0.25, -0.2) is 15.0 Å². The van der Waals surface area contributed by atoms with Crippen LogP contribution < -0.4 is 5.06 Å². The molecule has 3 rings (SSSR count). The van der Waals surface area contributed by atoms with E-state index in [0.29, 0.717) is 0 Å². The molecule has 2 heterocycles. The van der Waals surface area contributed by atoms with Crippen LogP contribution in [0, 0.1) is 6.92 Å². The average molecular weight is 241 g/mol. The number of benzene rings is 1. The van der Waals surface area contributed by atoms with Crippen LogP contribution in [0.5, 0.6) is 0 Å². The van der Waals surface area contributed by atoms with Gasteiger partial charge in [0.05, 0.1) is 12.6 Å². The van der Waals surface area contributed by atoms with Crippen molar-refractivity contribution in [1.29, 1.82) is 0 Å². The monoisotopic (exact) mass is 241 g/mol. The highest BCUT2D eigenvalue weighted by molar-refractivity contribution is 5.40. The Kier molecular flexibility index (Phi) is 2.94. The Morgan fingerprint density at radius 2 is 2.06 bits per heavy atom. The second-order valence-corrected chi connectivity index (χ2v) is 4.39. The van der Waals surface area contributed by atoms with E-state index in [9.17, 15) is 0 Å². The maximum atomic E-state index is 5.70. The Labute approximate surface area is 106 Å². The number of hydrogen-bond donors (Lipinski definition) is 0. The molecule has 0 N–H and O–H groups in total. The Balaban J connectivity index is 1.92. The molecule has 1 aromatic heterocycles. The summed E-state index contributed by atoms with van der Waals surface area (Å²) in [5, 5.41) is 1.89.